The molecule has 0 radical (unpaired) electrons. The van der Waals surface area contributed by atoms with E-state index in [2.05, 4.69) is 30.1 Å². The van der Waals surface area contributed by atoms with E-state index >= 15 is 0 Å². The maximum Gasteiger partial charge on any atom is 0.125 e. The van der Waals surface area contributed by atoms with Gasteiger partial charge in [-0.3, -0.25) is 0 Å². The van der Waals surface area contributed by atoms with Crippen molar-refractivity contribution >= 4 is 5.69 Å². The summed E-state index contributed by atoms with van der Waals surface area (Å²) >= 11 is 0. The molecule has 112 valence electrons. The van der Waals surface area contributed by atoms with Crippen molar-refractivity contribution in [1.29, 1.82) is 0 Å². The van der Waals surface area contributed by atoms with E-state index in [1.165, 1.54) is 19.3 Å². The van der Waals surface area contributed by atoms with Gasteiger partial charge in [-0.25, -0.2) is 4.39 Å². The van der Waals surface area contributed by atoms with Gasteiger partial charge in [0.05, 0.1) is 0 Å². The molecular weight excluding hydrogens is 251 g/mol. The van der Waals surface area contributed by atoms with Gasteiger partial charge in [0, 0.05) is 25.3 Å². The molecule has 20 heavy (non-hydrogen) atoms. The Balaban J connectivity index is 2.06. The Labute approximate surface area is 122 Å². The van der Waals surface area contributed by atoms with Crippen molar-refractivity contribution < 1.29 is 4.39 Å². The van der Waals surface area contributed by atoms with Crippen LogP contribution in [0.15, 0.2) is 18.2 Å². The molecule has 0 aromatic heterocycles. The lowest BCUT2D eigenvalue weighted by Crippen LogP contribution is -2.24. The van der Waals surface area contributed by atoms with Crippen LogP contribution in [0.2, 0.25) is 0 Å². The summed E-state index contributed by atoms with van der Waals surface area (Å²) in [5.74, 6) is 0.673. The summed E-state index contributed by atoms with van der Waals surface area (Å²) in [5.41, 5.74) is 2.10. The van der Waals surface area contributed by atoms with Crippen LogP contribution in [0.3, 0.4) is 0 Å². The third-order valence-electron chi connectivity index (χ3n) is 4.08. The van der Waals surface area contributed by atoms with Crippen molar-refractivity contribution in [3.05, 3.63) is 29.6 Å². The SMILES string of the molecule is CCCNCc1cc(F)cc(N2CCCC(C)CC2)c1. The summed E-state index contributed by atoms with van der Waals surface area (Å²) < 4.78 is 13.8. The molecule has 2 nitrogen and oxygen atoms in total. The summed E-state index contributed by atoms with van der Waals surface area (Å²) in [6.45, 7) is 8.29. The predicted molar refractivity (Wildman–Crippen MR) is 83.6 cm³/mol. The molecule has 1 unspecified atom stereocenters. The molecule has 1 aromatic carbocycles. The molecule has 1 fully saturated rings. The fraction of sp³-hybridized carbons (Fsp3) is 0.647. The van der Waals surface area contributed by atoms with E-state index in [1.807, 2.05) is 0 Å². The second kappa shape index (κ2) is 7.63. The smallest absolute Gasteiger partial charge is 0.125 e. The van der Waals surface area contributed by atoms with E-state index in [1.54, 1.807) is 12.1 Å². The van der Waals surface area contributed by atoms with Gasteiger partial charge in [0.25, 0.3) is 0 Å². The Kier molecular flexibility index (Phi) is 5.84. The van der Waals surface area contributed by atoms with Crippen LogP contribution in [0.5, 0.6) is 0 Å². The first-order valence-corrected chi connectivity index (χ1v) is 7.94. The maximum atomic E-state index is 13.8. The second-order valence-electron chi connectivity index (χ2n) is 6.02. The van der Waals surface area contributed by atoms with Crippen molar-refractivity contribution in [3.63, 3.8) is 0 Å². The minimum absolute atomic E-state index is 0.118. The lowest BCUT2D eigenvalue weighted by atomic mass is 10.0. The molecule has 0 aliphatic carbocycles. The molecule has 0 amide bonds. The highest BCUT2D eigenvalue weighted by Crippen LogP contribution is 2.24. The van der Waals surface area contributed by atoms with Crippen molar-refractivity contribution in [2.45, 2.75) is 46.1 Å². The van der Waals surface area contributed by atoms with Gasteiger partial charge in [0.2, 0.25) is 0 Å². The highest BCUT2D eigenvalue weighted by atomic mass is 19.1. The molecular formula is C17H27FN2. The summed E-state index contributed by atoms with van der Waals surface area (Å²) in [5, 5.41) is 3.34. The summed E-state index contributed by atoms with van der Waals surface area (Å²) in [7, 11) is 0. The Morgan fingerprint density at radius 1 is 1.25 bits per heavy atom. The standard InChI is InChI=1S/C17H27FN2/c1-3-7-19-13-15-10-16(18)12-17(11-15)20-8-4-5-14(2)6-9-20/h10-12,14,19H,3-9,13H2,1-2H3. The molecule has 0 bridgehead atoms. The Hall–Kier alpha value is -1.09. The lowest BCUT2D eigenvalue weighted by molar-refractivity contribution is 0.521. The number of benzene rings is 1. The average molecular weight is 278 g/mol. The minimum Gasteiger partial charge on any atom is -0.371 e. The summed E-state index contributed by atoms with van der Waals surface area (Å²) in [4.78, 5) is 2.34. The van der Waals surface area contributed by atoms with Crippen LogP contribution < -0.4 is 10.2 Å². The van der Waals surface area contributed by atoms with Gasteiger partial charge >= 0.3 is 0 Å². The number of nitrogens with zero attached hydrogens (tertiary/aromatic N) is 1. The van der Waals surface area contributed by atoms with Crippen LogP contribution in [-0.2, 0) is 6.54 Å². The summed E-state index contributed by atoms with van der Waals surface area (Å²) in [6.07, 6.45) is 4.81. The third kappa shape index (κ3) is 4.48. The van der Waals surface area contributed by atoms with E-state index in [0.29, 0.717) is 0 Å². The van der Waals surface area contributed by atoms with Crippen molar-refractivity contribution in [1.82, 2.24) is 5.32 Å². The maximum absolute atomic E-state index is 13.8. The lowest BCUT2D eigenvalue weighted by Gasteiger charge is -2.23. The van der Waals surface area contributed by atoms with Crippen molar-refractivity contribution in [3.8, 4) is 0 Å². The first-order chi connectivity index (χ1) is 9.69. The van der Waals surface area contributed by atoms with Crippen molar-refractivity contribution in [2.24, 2.45) is 5.92 Å². The zero-order chi connectivity index (χ0) is 14.4. The average Bonchev–Trinajstić information content (AvgIpc) is 2.63. The fourth-order valence-electron chi connectivity index (χ4n) is 2.85. The van der Waals surface area contributed by atoms with Gasteiger partial charge in [-0.1, -0.05) is 13.8 Å². The molecule has 2 rings (SSSR count). The molecule has 1 N–H and O–H groups in total. The highest BCUT2D eigenvalue weighted by molar-refractivity contribution is 5.49. The summed E-state index contributed by atoms with van der Waals surface area (Å²) in [6, 6.07) is 5.47. The van der Waals surface area contributed by atoms with Crippen LogP contribution in [-0.4, -0.2) is 19.6 Å². The zero-order valence-electron chi connectivity index (χ0n) is 12.8. The van der Waals surface area contributed by atoms with Gasteiger partial charge in [0.1, 0.15) is 5.82 Å². The number of hydrogen-bond donors (Lipinski definition) is 1. The molecule has 1 aliphatic heterocycles. The number of anilines is 1. The second-order valence-corrected chi connectivity index (χ2v) is 6.02. The number of hydrogen-bond acceptors (Lipinski definition) is 2. The molecule has 0 spiro atoms. The number of halogens is 1. The highest BCUT2D eigenvalue weighted by Gasteiger charge is 2.15. The normalized spacial score (nSPS) is 19.9. The van der Waals surface area contributed by atoms with Gasteiger partial charge in [0.15, 0.2) is 0 Å². The van der Waals surface area contributed by atoms with E-state index < -0.39 is 0 Å². The van der Waals surface area contributed by atoms with Gasteiger partial charge in [-0.15, -0.1) is 0 Å². The minimum atomic E-state index is -0.118. The predicted octanol–water partition coefficient (Wildman–Crippen LogP) is 3.95. The van der Waals surface area contributed by atoms with E-state index in [9.17, 15) is 4.39 Å². The van der Waals surface area contributed by atoms with Crippen LogP contribution >= 0.6 is 0 Å². The molecule has 0 saturated carbocycles. The number of rotatable bonds is 5. The van der Waals surface area contributed by atoms with Crippen LogP contribution in [0.1, 0.15) is 45.1 Å². The third-order valence-corrected chi connectivity index (χ3v) is 4.08. The number of nitrogens with one attached hydrogen (secondary N) is 1. The molecule has 1 heterocycles. The zero-order valence-corrected chi connectivity index (χ0v) is 12.8. The van der Waals surface area contributed by atoms with Gasteiger partial charge in [-0.05, 0) is 61.9 Å². The topological polar surface area (TPSA) is 15.3 Å². The van der Waals surface area contributed by atoms with E-state index in [-0.39, 0.29) is 5.82 Å². The van der Waals surface area contributed by atoms with E-state index in [0.717, 1.165) is 49.8 Å². The van der Waals surface area contributed by atoms with Crippen LogP contribution in [0, 0.1) is 11.7 Å². The molecule has 1 aliphatic rings. The Bertz CT molecular complexity index is 419. The fourth-order valence-corrected chi connectivity index (χ4v) is 2.85. The van der Waals surface area contributed by atoms with E-state index in [4.69, 9.17) is 0 Å². The van der Waals surface area contributed by atoms with Crippen LogP contribution in [0.25, 0.3) is 0 Å². The molecule has 1 aromatic rings. The Morgan fingerprint density at radius 2 is 2.10 bits per heavy atom. The monoisotopic (exact) mass is 278 g/mol. The molecule has 3 heteroatoms. The first kappa shape index (κ1) is 15.3. The largest absolute Gasteiger partial charge is 0.371 e. The van der Waals surface area contributed by atoms with Crippen molar-refractivity contribution in [2.75, 3.05) is 24.5 Å². The van der Waals surface area contributed by atoms with Crippen LogP contribution in [0.4, 0.5) is 10.1 Å². The molecule has 1 atom stereocenters. The molecule has 1 saturated heterocycles. The Morgan fingerprint density at radius 3 is 2.90 bits per heavy atom. The van der Waals surface area contributed by atoms with Gasteiger partial charge in [-0.2, -0.15) is 0 Å². The first-order valence-electron chi connectivity index (χ1n) is 7.94. The quantitative estimate of drug-likeness (QED) is 0.820. The van der Waals surface area contributed by atoms with Gasteiger partial charge < -0.3 is 10.2 Å².